The van der Waals surface area contributed by atoms with Crippen molar-refractivity contribution in [3.05, 3.63) is 77.8 Å². The Morgan fingerprint density at radius 1 is 0.731 bits per heavy atom. The van der Waals surface area contributed by atoms with Gasteiger partial charge in [0.25, 0.3) is 0 Å². The molecule has 52 heavy (non-hydrogen) atoms. The first-order valence-electron chi connectivity index (χ1n) is 14.1. The minimum Gasteiger partial charge on any atom is -0.506 e. The number of aromatic nitrogens is 2. The summed E-state index contributed by atoms with van der Waals surface area (Å²) < 4.78 is 46.2. The molecule has 2 heterocycles. The average Bonchev–Trinajstić information content (AvgIpc) is 3.75. The number of nitrogen functional groups attached to an aromatic ring is 1. The van der Waals surface area contributed by atoms with Gasteiger partial charge in [-0.3, -0.25) is 9.59 Å². The number of phenolic OH excluding ortho intramolecular Hbond substituents is 2. The van der Waals surface area contributed by atoms with Crippen LogP contribution in [0.1, 0.15) is 13.8 Å². The molecule has 6 aromatic rings. The molecule has 269 valence electrons. The van der Waals surface area contributed by atoms with Crippen LogP contribution in [-0.4, -0.2) is 48.8 Å². The maximum atomic E-state index is 11.8. The molecule has 10 N–H and O–H groups in total. The van der Waals surface area contributed by atoms with Crippen LogP contribution in [0, 0.1) is 0 Å². The number of carbonyl (C=O) groups excluding carboxylic acids is 2. The SMILES string of the molecule is CC(=O)Nc1cccc2c(O)c(S(N)(=O)=O)cc(N=Nc3nccs3)c12.CC(=O)Nc1cccc2c(O)c(S(N)(=O)=O)ccc12.Nc1nccs1.[Y]. The molecule has 0 atom stereocenters. The summed E-state index contributed by atoms with van der Waals surface area (Å²) in [5, 5.41) is 49.6. The molecule has 17 nitrogen and oxygen atoms in total. The molecule has 0 aliphatic carbocycles. The largest absolute Gasteiger partial charge is 0.506 e. The van der Waals surface area contributed by atoms with Crippen molar-refractivity contribution in [2.45, 2.75) is 23.6 Å². The van der Waals surface area contributed by atoms with Gasteiger partial charge in [-0.25, -0.2) is 37.1 Å². The Balaban J connectivity index is 0.000000245. The van der Waals surface area contributed by atoms with Crippen LogP contribution < -0.4 is 26.6 Å². The summed E-state index contributed by atoms with van der Waals surface area (Å²) in [5.41, 5.74) is 6.13. The number of nitrogens with zero attached hydrogens (tertiary/aromatic N) is 4. The molecule has 0 unspecified atom stereocenters. The predicted molar refractivity (Wildman–Crippen MR) is 195 cm³/mol. The van der Waals surface area contributed by atoms with E-state index in [9.17, 15) is 36.6 Å². The normalized spacial score (nSPS) is 11.2. The van der Waals surface area contributed by atoms with E-state index in [1.807, 2.05) is 5.38 Å². The molecule has 4 aromatic carbocycles. The number of fused-ring (bicyclic) bond motifs is 2. The monoisotopic (exact) mass is 860 g/mol. The number of nitrogens with one attached hydrogen (secondary N) is 2. The smallest absolute Gasteiger partial charge is 0.241 e. The van der Waals surface area contributed by atoms with Crippen molar-refractivity contribution >= 4 is 103 Å². The minimum absolute atomic E-state index is 0. The van der Waals surface area contributed by atoms with E-state index in [1.54, 1.807) is 48.1 Å². The first-order chi connectivity index (χ1) is 24.0. The molecule has 2 aromatic heterocycles. The van der Waals surface area contributed by atoms with Gasteiger partial charge in [-0.05, 0) is 24.3 Å². The molecular formula is C30H29N9O8S4Y. The Morgan fingerprint density at radius 3 is 1.81 bits per heavy atom. The minimum atomic E-state index is -4.21. The maximum absolute atomic E-state index is 11.8. The number of anilines is 3. The van der Waals surface area contributed by atoms with Gasteiger partial charge in [0.1, 0.15) is 21.3 Å². The van der Waals surface area contributed by atoms with Crippen molar-refractivity contribution in [2.24, 2.45) is 20.5 Å². The van der Waals surface area contributed by atoms with Crippen molar-refractivity contribution in [3.63, 3.8) is 0 Å². The summed E-state index contributed by atoms with van der Waals surface area (Å²) in [5.74, 6) is -1.55. The number of sulfonamides is 2. The van der Waals surface area contributed by atoms with Crippen LogP contribution in [0.5, 0.6) is 11.5 Å². The van der Waals surface area contributed by atoms with E-state index in [-0.39, 0.29) is 60.5 Å². The zero-order valence-electron chi connectivity index (χ0n) is 27.1. The quantitative estimate of drug-likeness (QED) is 0.111. The van der Waals surface area contributed by atoms with E-state index in [2.05, 4.69) is 30.8 Å². The number of azo groups is 1. The average molecular weight is 861 g/mol. The Morgan fingerprint density at radius 2 is 1.29 bits per heavy atom. The fourth-order valence-corrected chi connectivity index (χ4v) is 6.59. The molecule has 1 radical (unpaired) electrons. The second-order valence-electron chi connectivity index (χ2n) is 10.1. The van der Waals surface area contributed by atoms with Gasteiger partial charge in [-0.1, -0.05) is 30.3 Å². The van der Waals surface area contributed by atoms with Crippen molar-refractivity contribution in [3.8, 4) is 11.5 Å². The molecule has 0 saturated heterocycles. The van der Waals surface area contributed by atoms with Gasteiger partial charge in [0.05, 0.1) is 11.4 Å². The molecule has 0 aliphatic heterocycles. The van der Waals surface area contributed by atoms with Gasteiger partial charge in [-0.2, -0.15) is 0 Å². The van der Waals surface area contributed by atoms with Crippen LogP contribution in [0.4, 0.5) is 27.3 Å². The number of thiazole rings is 2. The summed E-state index contributed by atoms with van der Waals surface area (Å²) in [4.78, 5) is 29.4. The summed E-state index contributed by atoms with van der Waals surface area (Å²) >= 11 is 2.69. The third-order valence-electron chi connectivity index (χ3n) is 6.42. The van der Waals surface area contributed by atoms with E-state index in [0.29, 0.717) is 37.8 Å². The van der Waals surface area contributed by atoms with Crippen molar-refractivity contribution < 1.29 is 69.3 Å². The van der Waals surface area contributed by atoms with Gasteiger partial charge in [0.2, 0.25) is 37.0 Å². The number of hydrogen-bond acceptors (Lipinski definition) is 15. The number of rotatable bonds is 6. The van der Waals surface area contributed by atoms with Crippen molar-refractivity contribution in [1.29, 1.82) is 0 Å². The molecule has 0 aliphatic rings. The second-order valence-corrected chi connectivity index (χ2v) is 15.0. The fraction of sp³-hybridized carbons (Fsp3) is 0.0667. The zero-order valence-corrected chi connectivity index (χ0v) is 33.2. The Hall–Kier alpha value is -4.48. The number of benzene rings is 4. The van der Waals surface area contributed by atoms with Gasteiger partial charge in [0, 0.05) is 96.9 Å². The number of phenols is 2. The molecule has 22 heteroatoms. The molecule has 0 saturated carbocycles. The van der Waals surface area contributed by atoms with Gasteiger partial charge < -0.3 is 26.6 Å². The van der Waals surface area contributed by atoms with Crippen LogP contribution >= 0.6 is 22.7 Å². The first-order valence-corrected chi connectivity index (χ1v) is 18.9. The molecule has 6 rings (SSSR count). The summed E-state index contributed by atoms with van der Waals surface area (Å²) in [6, 6.07) is 13.2. The van der Waals surface area contributed by atoms with E-state index >= 15 is 0 Å². The topological polar surface area (TPSA) is 295 Å². The second kappa shape index (κ2) is 17.8. The number of primary sulfonamides is 2. The van der Waals surface area contributed by atoms with Crippen LogP contribution in [0.15, 0.2) is 97.8 Å². The van der Waals surface area contributed by atoms with Gasteiger partial charge in [0.15, 0.2) is 5.13 Å². The maximum Gasteiger partial charge on any atom is 0.241 e. The molecule has 2 amide bonds. The van der Waals surface area contributed by atoms with Gasteiger partial charge in [-0.15, -0.1) is 32.9 Å². The van der Waals surface area contributed by atoms with E-state index in [1.165, 1.54) is 54.7 Å². The number of hydrogen-bond donors (Lipinski definition) is 7. The third kappa shape index (κ3) is 10.8. The molecule has 0 fully saturated rings. The van der Waals surface area contributed by atoms with E-state index < -0.39 is 36.4 Å². The van der Waals surface area contributed by atoms with Crippen LogP contribution in [0.3, 0.4) is 0 Å². The Labute approximate surface area is 330 Å². The van der Waals surface area contributed by atoms with Crippen molar-refractivity contribution in [1.82, 2.24) is 9.97 Å². The predicted octanol–water partition coefficient (Wildman–Crippen LogP) is 4.90. The third-order valence-corrected chi connectivity index (χ3v) is 9.55. The number of carbonyl (C=O) groups is 2. The summed E-state index contributed by atoms with van der Waals surface area (Å²) in [6.07, 6.45) is 3.23. The van der Waals surface area contributed by atoms with E-state index in [0.717, 1.165) is 6.07 Å². The number of nitrogens with two attached hydrogens (primary N) is 3. The number of aromatic hydroxyl groups is 2. The van der Waals surface area contributed by atoms with Gasteiger partial charge >= 0.3 is 0 Å². The van der Waals surface area contributed by atoms with Crippen molar-refractivity contribution in [2.75, 3.05) is 16.4 Å². The fourth-order valence-electron chi connectivity index (χ4n) is 4.46. The van der Waals surface area contributed by atoms with Crippen LogP contribution in [-0.2, 0) is 62.3 Å². The molecular weight excluding hydrogens is 832 g/mol. The Kier molecular flexibility index (Phi) is 14.4. The summed E-state index contributed by atoms with van der Waals surface area (Å²) in [6.45, 7) is 2.69. The van der Waals surface area contributed by atoms with Crippen LogP contribution in [0.25, 0.3) is 21.5 Å². The van der Waals surface area contributed by atoms with Crippen LogP contribution in [0.2, 0.25) is 0 Å². The zero-order chi connectivity index (χ0) is 37.5. The Bertz CT molecular complexity index is 2480. The summed E-state index contributed by atoms with van der Waals surface area (Å²) in [7, 11) is -8.21. The first kappa shape index (κ1) is 41.9. The standard InChI is InChI=1S/C15H13N5O4S2.C12H12N2O4S.C3H4N2S.Y/c1-8(21)18-10-4-2-3-9-13(10)11(19-20-15-17-5-6-25-15)7-12(14(9)22)26(16,23)24;1-7(15)14-10-4-2-3-9-8(10)5-6-11(12(9)16)19(13,17)18;4-3-5-1-2-6-3;/h2-7,22H,1H3,(H,18,21)(H2,16,23,24);2-6,16H,1H3,(H,14,15)(H2,13,17,18);1-2H,(H2,4,5);. The number of amides is 2. The van der Waals surface area contributed by atoms with E-state index in [4.69, 9.17) is 16.0 Å². The molecule has 0 spiro atoms. The molecule has 0 bridgehead atoms.